The fraction of sp³-hybridized carbons (Fsp3) is 0.0667. The largest absolute Gasteiger partial charge is 0.293 e. The van der Waals surface area contributed by atoms with Crippen molar-refractivity contribution in [2.45, 2.75) is 6.42 Å². The quantitative estimate of drug-likeness (QED) is 0.376. The number of amides is 2. The van der Waals surface area contributed by atoms with Gasteiger partial charge in [-0.15, -0.1) is 0 Å². The van der Waals surface area contributed by atoms with Crippen LogP contribution in [0.5, 0.6) is 0 Å². The first kappa shape index (κ1) is 13.4. The highest BCUT2D eigenvalue weighted by Crippen LogP contribution is 2.11. The lowest BCUT2D eigenvalue weighted by Crippen LogP contribution is -2.40. The fourth-order valence-electron chi connectivity index (χ4n) is 1.77. The van der Waals surface area contributed by atoms with Crippen molar-refractivity contribution in [2.75, 3.05) is 0 Å². The van der Waals surface area contributed by atoms with Gasteiger partial charge in [0.05, 0.1) is 23.6 Å². The van der Waals surface area contributed by atoms with Crippen molar-refractivity contribution in [3.8, 4) is 6.07 Å². The summed E-state index contributed by atoms with van der Waals surface area (Å²) in [5.41, 5.74) is 1.12. The van der Waals surface area contributed by atoms with Gasteiger partial charge < -0.3 is 0 Å². The van der Waals surface area contributed by atoms with Crippen LogP contribution >= 0.6 is 0 Å². The monoisotopic (exact) mass is 266 g/mol. The van der Waals surface area contributed by atoms with Gasteiger partial charge in [0.1, 0.15) is 0 Å². The highest BCUT2D eigenvalue weighted by atomic mass is 16.2. The van der Waals surface area contributed by atoms with E-state index in [-0.39, 0.29) is 12.0 Å². The molecule has 1 N–H and O–H groups in total. The van der Waals surface area contributed by atoms with Crippen LogP contribution in [0.3, 0.4) is 0 Å². The molecule has 0 aliphatic carbocycles. The standard InChI is InChI=1S/C15H10N2O3/c16-9-11-5-2-1-4-10(11)6-3-7-12-13(18)8-14(19)17-15(12)20/h1-7H,8H2,(H,17,19,20)/b6-3+,12-7+. The van der Waals surface area contributed by atoms with Gasteiger partial charge >= 0.3 is 0 Å². The molecule has 2 amide bonds. The Hall–Kier alpha value is -3.00. The first-order valence-electron chi connectivity index (χ1n) is 5.86. The molecule has 0 spiro atoms. The van der Waals surface area contributed by atoms with Crippen molar-refractivity contribution in [1.82, 2.24) is 5.32 Å². The predicted molar refractivity (Wildman–Crippen MR) is 71.0 cm³/mol. The third kappa shape index (κ3) is 2.87. The van der Waals surface area contributed by atoms with E-state index in [0.717, 1.165) is 0 Å². The second-order valence-electron chi connectivity index (χ2n) is 4.12. The van der Waals surface area contributed by atoms with Gasteiger partial charge in [0, 0.05) is 0 Å². The van der Waals surface area contributed by atoms with Crippen molar-refractivity contribution < 1.29 is 14.4 Å². The first-order chi connectivity index (χ1) is 9.61. The molecule has 5 nitrogen and oxygen atoms in total. The SMILES string of the molecule is N#Cc1ccccc1/C=C/C=C1\C(=O)CC(=O)NC1=O. The van der Waals surface area contributed by atoms with Crippen molar-refractivity contribution in [1.29, 1.82) is 5.26 Å². The zero-order valence-electron chi connectivity index (χ0n) is 10.4. The third-order valence-electron chi connectivity index (χ3n) is 2.74. The number of nitrogens with one attached hydrogen (secondary N) is 1. The van der Waals surface area contributed by atoms with Gasteiger partial charge in [-0.05, 0) is 17.7 Å². The Balaban J connectivity index is 2.22. The predicted octanol–water partition coefficient (Wildman–Crippen LogP) is 1.11. The second kappa shape index (κ2) is 5.76. The van der Waals surface area contributed by atoms with Crippen molar-refractivity contribution in [3.05, 3.63) is 53.1 Å². The Kier molecular flexibility index (Phi) is 3.87. The van der Waals surface area contributed by atoms with Gasteiger partial charge in [-0.1, -0.05) is 30.4 Å². The minimum atomic E-state index is -0.690. The van der Waals surface area contributed by atoms with E-state index in [1.165, 1.54) is 12.2 Å². The van der Waals surface area contributed by atoms with Gasteiger partial charge in [0.15, 0.2) is 5.78 Å². The molecule has 0 radical (unpaired) electrons. The lowest BCUT2D eigenvalue weighted by Gasteiger charge is -2.11. The molecule has 2 rings (SSSR count). The molecule has 1 fully saturated rings. The average molecular weight is 266 g/mol. The number of Topliss-reactive ketones (excluding diaryl/α,β-unsaturated/α-hetero) is 1. The highest BCUT2D eigenvalue weighted by molar-refractivity contribution is 6.30. The van der Waals surface area contributed by atoms with Crippen LogP contribution < -0.4 is 5.32 Å². The van der Waals surface area contributed by atoms with Gasteiger partial charge in [-0.2, -0.15) is 5.26 Å². The summed E-state index contributed by atoms with van der Waals surface area (Å²) in [6, 6.07) is 9.00. The molecule has 1 aliphatic rings. The number of nitriles is 1. The maximum Gasteiger partial charge on any atom is 0.261 e. The van der Waals surface area contributed by atoms with E-state index in [0.29, 0.717) is 11.1 Å². The molecule has 1 saturated heterocycles. The van der Waals surface area contributed by atoms with E-state index >= 15 is 0 Å². The third-order valence-corrected chi connectivity index (χ3v) is 2.74. The smallest absolute Gasteiger partial charge is 0.261 e. The van der Waals surface area contributed by atoms with Gasteiger partial charge in [0.2, 0.25) is 5.91 Å². The number of carbonyl (C=O) groups is 3. The van der Waals surface area contributed by atoms with Crippen LogP contribution in [0.1, 0.15) is 17.5 Å². The number of ketones is 1. The van der Waals surface area contributed by atoms with E-state index in [4.69, 9.17) is 5.26 Å². The maximum absolute atomic E-state index is 11.5. The van der Waals surface area contributed by atoms with Crippen LogP contribution in [-0.4, -0.2) is 17.6 Å². The average Bonchev–Trinajstić information content (AvgIpc) is 2.42. The molecule has 98 valence electrons. The number of piperidine rings is 1. The molecule has 0 atom stereocenters. The maximum atomic E-state index is 11.5. The molecular formula is C15H10N2O3. The van der Waals surface area contributed by atoms with E-state index in [9.17, 15) is 14.4 Å². The van der Waals surface area contributed by atoms with Gasteiger partial charge in [-0.25, -0.2) is 0 Å². The van der Waals surface area contributed by atoms with Crippen molar-refractivity contribution in [3.63, 3.8) is 0 Å². The molecule has 1 aromatic carbocycles. The lowest BCUT2D eigenvalue weighted by molar-refractivity contribution is -0.134. The van der Waals surface area contributed by atoms with E-state index in [1.54, 1.807) is 30.3 Å². The zero-order chi connectivity index (χ0) is 14.5. The lowest BCUT2D eigenvalue weighted by atomic mass is 10.0. The summed E-state index contributed by atoms with van der Waals surface area (Å²) in [6.07, 6.45) is 4.17. The van der Waals surface area contributed by atoms with Crippen molar-refractivity contribution >= 4 is 23.7 Å². The number of rotatable bonds is 2. The summed E-state index contributed by atoms with van der Waals surface area (Å²) in [7, 11) is 0. The van der Waals surface area contributed by atoms with Crippen LogP contribution in [0.4, 0.5) is 0 Å². The van der Waals surface area contributed by atoms with Crippen LogP contribution in [0, 0.1) is 11.3 Å². The minimum Gasteiger partial charge on any atom is -0.293 e. The van der Waals surface area contributed by atoms with Crippen molar-refractivity contribution in [2.24, 2.45) is 0 Å². The molecule has 1 aliphatic heterocycles. The molecule has 0 aromatic heterocycles. The first-order valence-corrected chi connectivity index (χ1v) is 5.86. The molecule has 1 heterocycles. The Morgan fingerprint density at radius 3 is 2.65 bits per heavy atom. The molecule has 0 saturated carbocycles. The van der Waals surface area contributed by atoms with Crippen LogP contribution in [-0.2, 0) is 14.4 Å². The summed E-state index contributed by atoms with van der Waals surface area (Å²) < 4.78 is 0. The number of hydrogen-bond donors (Lipinski definition) is 1. The summed E-state index contributed by atoms with van der Waals surface area (Å²) in [5, 5.41) is 11.0. The number of nitrogens with zero attached hydrogens (tertiary/aromatic N) is 1. The topological polar surface area (TPSA) is 87.0 Å². The summed E-state index contributed by atoms with van der Waals surface area (Å²) in [5.74, 6) is -1.78. The van der Waals surface area contributed by atoms with Crippen LogP contribution in [0.15, 0.2) is 42.0 Å². The molecule has 0 bridgehead atoms. The Bertz CT molecular complexity index is 671. The summed E-state index contributed by atoms with van der Waals surface area (Å²) in [4.78, 5) is 34.0. The molecule has 20 heavy (non-hydrogen) atoms. The molecule has 1 aromatic rings. The number of imide groups is 1. The molecule has 5 heteroatoms. The highest BCUT2D eigenvalue weighted by Gasteiger charge is 2.27. The van der Waals surface area contributed by atoms with Gasteiger partial charge in [-0.3, -0.25) is 19.7 Å². The second-order valence-corrected chi connectivity index (χ2v) is 4.12. The fourth-order valence-corrected chi connectivity index (χ4v) is 1.77. The Labute approximate surface area is 115 Å². The van der Waals surface area contributed by atoms with E-state index in [1.807, 2.05) is 6.07 Å². The van der Waals surface area contributed by atoms with Crippen LogP contribution in [0.2, 0.25) is 0 Å². The normalized spacial score (nSPS) is 17.4. The number of allylic oxidation sites excluding steroid dienone is 2. The minimum absolute atomic E-state index is 0.0599. The number of hydrogen-bond acceptors (Lipinski definition) is 4. The van der Waals surface area contributed by atoms with E-state index in [2.05, 4.69) is 5.32 Å². The number of benzene rings is 1. The number of carbonyl (C=O) groups excluding carboxylic acids is 3. The van der Waals surface area contributed by atoms with Gasteiger partial charge in [0.25, 0.3) is 5.91 Å². The van der Waals surface area contributed by atoms with E-state index < -0.39 is 17.6 Å². The summed E-state index contributed by atoms with van der Waals surface area (Å²) >= 11 is 0. The molecular weight excluding hydrogens is 256 g/mol. The Morgan fingerprint density at radius 2 is 1.95 bits per heavy atom. The molecule has 0 unspecified atom stereocenters. The summed E-state index contributed by atoms with van der Waals surface area (Å²) in [6.45, 7) is 0. The van der Waals surface area contributed by atoms with Crippen LogP contribution in [0.25, 0.3) is 6.08 Å². The zero-order valence-corrected chi connectivity index (χ0v) is 10.4. The Morgan fingerprint density at radius 1 is 1.20 bits per heavy atom.